The second-order valence-electron chi connectivity index (χ2n) is 8.46. The Bertz CT molecular complexity index is 791. The summed E-state index contributed by atoms with van der Waals surface area (Å²) >= 11 is 1.42. The molecule has 0 saturated carbocycles. The molecule has 0 bridgehead atoms. The molecule has 0 aliphatic carbocycles. The zero-order valence-corrected chi connectivity index (χ0v) is 21.7. The van der Waals surface area contributed by atoms with Crippen molar-refractivity contribution in [3.63, 3.8) is 0 Å². The minimum Gasteiger partial charge on any atom is -0.481 e. The van der Waals surface area contributed by atoms with Crippen molar-refractivity contribution in [3.05, 3.63) is 0 Å². The molecule has 0 heterocycles. The van der Waals surface area contributed by atoms with Gasteiger partial charge in [0.05, 0.1) is 6.04 Å². The number of aliphatic carboxylic acids is 2. The first-order chi connectivity index (χ1) is 16.8. The van der Waals surface area contributed by atoms with Crippen molar-refractivity contribution in [1.82, 2.24) is 16.0 Å². The highest BCUT2D eigenvalue weighted by atomic mass is 32.2. The van der Waals surface area contributed by atoms with Gasteiger partial charge in [-0.2, -0.15) is 11.8 Å². The Morgan fingerprint density at radius 1 is 0.889 bits per heavy atom. The second kappa shape index (κ2) is 17.4. The van der Waals surface area contributed by atoms with Crippen molar-refractivity contribution in [3.8, 4) is 0 Å². The number of carbonyl (C=O) groups excluding carboxylic acids is 3. The summed E-state index contributed by atoms with van der Waals surface area (Å²) in [6.45, 7) is 3.52. The van der Waals surface area contributed by atoms with Crippen molar-refractivity contribution in [2.45, 2.75) is 70.1 Å². The first kappa shape index (κ1) is 32.9. The largest absolute Gasteiger partial charge is 0.481 e. The first-order valence-corrected chi connectivity index (χ1v) is 12.8. The molecule has 0 aliphatic heterocycles. The Kier molecular flexibility index (Phi) is 15.9. The third kappa shape index (κ3) is 13.7. The van der Waals surface area contributed by atoms with Gasteiger partial charge in [0.2, 0.25) is 17.7 Å². The molecule has 4 atom stereocenters. The third-order valence-corrected chi connectivity index (χ3v) is 5.70. The maximum Gasteiger partial charge on any atom is 0.326 e. The van der Waals surface area contributed by atoms with Crippen LogP contribution < -0.4 is 33.2 Å². The number of guanidine groups is 1. The van der Waals surface area contributed by atoms with E-state index < -0.39 is 66.2 Å². The summed E-state index contributed by atoms with van der Waals surface area (Å²) in [5, 5.41) is 25.8. The van der Waals surface area contributed by atoms with Gasteiger partial charge in [-0.1, -0.05) is 13.8 Å². The summed E-state index contributed by atoms with van der Waals surface area (Å²) in [6.07, 6.45) is 1.93. The number of thioether (sulfide) groups is 1. The molecule has 11 N–H and O–H groups in total. The first-order valence-electron chi connectivity index (χ1n) is 11.5. The number of nitrogens with two attached hydrogens (primary N) is 3. The van der Waals surface area contributed by atoms with E-state index in [0.717, 1.165) is 0 Å². The van der Waals surface area contributed by atoms with E-state index in [9.17, 15) is 29.1 Å². The fourth-order valence-electron chi connectivity index (χ4n) is 3.01. The maximum absolute atomic E-state index is 13.0. The average molecular weight is 534 g/mol. The molecule has 15 heteroatoms. The number of rotatable bonds is 18. The van der Waals surface area contributed by atoms with E-state index in [1.54, 1.807) is 20.1 Å². The molecule has 0 fully saturated rings. The molecule has 0 spiro atoms. The molecule has 4 unspecified atom stereocenters. The summed E-state index contributed by atoms with van der Waals surface area (Å²) in [4.78, 5) is 64.6. The van der Waals surface area contributed by atoms with Crippen LogP contribution in [0.15, 0.2) is 4.99 Å². The van der Waals surface area contributed by atoms with Crippen LogP contribution >= 0.6 is 11.8 Å². The maximum atomic E-state index is 13.0. The van der Waals surface area contributed by atoms with Gasteiger partial charge in [-0.15, -0.1) is 0 Å². The van der Waals surface area contributed by atoms with Gasteiger partial charge in [-0.05, 0) is 43.6 Å². The van der Waals surface area contributed by atoms with Gasteiger partial charge in [-0.25, -0.2) is 4.79 Å². The lowest BCUT2D eigenvalue weighted by Gasteiger charge is -2.26. The van der Waals surface area contributed by atoms with Gasteiger partial charge >= 0.3 is 11.9 Å². The molecule has 0 saturated heterocycles. The lowest BCUT2D eigenvalue weighted by atomic mass is 10.0. The van der Waals surface area contributed by atoms with Crippen molar-refractivity contribution in [1.29, 1.82) is 0 Å². The number of hydrogen-bond donors (Lipinski definition) is 8. The number of carbonyl (C=O) groups is 5. The van der Waals surface area contributed by atoms with Gasteiger partial charge in [0.15, 0.2) is 5.96 Å². The smallest absolute Gasteiger partial charge is 0.326 e. The summed E-state index contributed by atoms with van der Waals surface area (Å²) in [5.74, 6) is -4.57. The highest BCUT2D eigenvalue weighted by Crippen LogP contribution is 2.08. The van der Waals surface area contributed by atoms with E-state index in [0.29, 0.717) is 12.2 Å². The van der Waals surface area contributed by atoms with E-state index in [1.165, 1.54) is 11.8 Å². The molecule has 36 heavy (non-hydrogen) atoms. The number of nitrogens with zero attached hydrogens (tertiary/aromatic N) is 1. The Balaban J connectivity index is 5.43. The zero-order valence-electron chi connectivity index (χ0n) is 20.9. The minimum absolute atomic E-state index is 0.0958. The highest BCUT2D eigenvalue weighted by molar-refractivity contribution is 7.98. The SMILES string of the molecule is CSCCC(NC(=O)C(CCC(=O)O)NC(=O)C(N)CCCN=C(N)N)C(=O)NC(C(=O)O)C(C)C. The van der Waals surface area contributed by atoms with Gasteiger partial charge in [0, 0.05) is 13.0 Å². The molecule has 206 valence electrons. The molecule has 0 aromatic carbocycles. The van der Waals surface area contributed by atoms with Crippen LogP contribution in [0.2, 0.25) is 0 Å². The zero-order chi connectivity index (χ0) is 27.8. The molecular weight excluding hydrogens is 494 g/mol. The Morgan fingerprint density at radius 3 is 1.94 bits per heavy atom. The molecule has 0 aromatic rings. The summed E-state index contributed by atoms with van der Waals surface area (Å²) in [6, 6.07) is -4.53. The Morgan fingerprint density at radius 2 is 1.44 bits per heavy atom. The molecule has 0 rings (SSSR count). The Labute approximate surface area is 214 Å². The van der Waals surface area contributed by atoms with Crippen LogP contribution in [0.1, 0.15) is 46.0 Å². The van der Waals surface area contributed by atoms with Crippen LogP contribution in [0, 0.1) is 5.92 Å². The lowest BCUT2D eigenvalue weighted by molar-refractivity contribution is -0.143. The predicted octanol–water partition coefficient (Wildman–Crippen LogP) is -1.82. The van der Waals surface area contributed by atoms with Crippen molar-refractivity contribution in [2.75, 3.05) is 18.6 Å². The van der Waals surface area contributed by atoms with Crippen molar-refractivity contribution in [2.24, 2.45) is 28.1 Å². The normalized spacial score (nSPS) is 14.1. The van der Waals surface area contributed by atoms with Gasteiger partial charge < -0.3 is 43.4 Å². The number of nitrogens with one attached hydrogen (secondary N) is 3. The number of amides is 3. The van der Waals surface area contributed by atoms with E-state index in [4.69, 9.17) is 22.3 Å². The topological polar surface area (TPSA) is 252 Å². The quantitative estimate of drug-likeness (QED) is 0.0553. The molecular formula is C21H39N7O7S. The monoisotopic (exact) mass is 533 g/mol. The molecule has 0 radical (unpaired) electrons. The second-order valence-corrected chi connectivity index (χ2v) is 9.45. The van der Waals surface area contributed by atoms with Crippen LogP contribution in [0.3, 0.4) is 0 Å². The number of aliphatic imine (C=N–C) groups is 1. The predicted molar refractivity (Wildman–Crippen MR) is 136 cm³/mol. The van der Waals surface area contributed by atoms with E-state index >= 15 is 0 Å². The van der Waals surface area contributed by atoms with Crippen LogP contribution in [-0.4, -0.2) is 88.6 Å². The summed E-state index contributed by atoms with van der Waals surface area (Å²) < 4.78 is 0. The van der Waals surface area contributed by atoms with Gasteiger partial charge in [0.1, 0.15) is 18.1 Å². The molecule has 0 aromatic heterocycles. The lowest BCUT2D eigenvalue weighted by Crippen LogP contribution is -2.57. The summed E-state index contributed by atoms with van der Waals surface area (Å²) in [5.41, 5.74) is 16.4. The Hall–Kier alpha value is -3.07. The van der Waals surface area contributed by atoms with Gasteiger partial charge in [-0.3, -0.25) is 24.2 Å². The van der Waals surface area contributed by atoms with Crippen LogP contribution in [-0.2, 0) is 24.0 Å². The number of hydrogen-bond acceptors (Lipinski definition) is 8. The average Bonchev–Trinajstić information content (AvgIpc) is 2.78. The molecule has 14 nitrogen and oxygen atoms in total. The summed E-state index contributed by atoms with van der Waals surface area (Å²) in [7, 11) is 0. The van der Waals surface area contributed by atoms with Crippen molar-refractivity contribution < 1.29 is 34.2 Å². The van der Waals surface area contributed by atoms with E-state index in [-0.39, 0.29) is 31.8 Å². The highest BCUT2D eigenvalue weighted by Gasteiger charge is 2.31. The number of carboxylic acid groups (broad SMARTS) is 2. The fraction of sp³-hybridized carbons (Fsp3) is 0.714. The third-order valence-electron chi connectivity index (χ3n) is 5.06. The standard InChI is InChI=1S/C21H39N7O7S/c1-11(2)16(20(34)35)28-19(33)14(8-10-36-3)27-18(32)13(6-7-15(29)30)26-17(31)12(22)5-4-9-25-21(23)24/h11-14,16H,4-10,22H2,1-3H3,(H,26,31)(H,27,32)(H,28,33)(H,29,30)(H,34,35)(H4,23,24,25). The van der Waals surface area contributed by atoms with Crippen molar-refractivity contribution >= 4 is 47.4 Å². The van der Waals surface area contributed by atoms with Crippen LogP contribution in [0.25, 0.3) is 0 Å². The van der Waals surface area contributed by atoms with Gasteiger partial charge in [0.25, 0.3) is 0 Å². The van der Waals surface area contributed by atoms with E-state index in [2.05, 4.69) is 20.9 Å². The van der Waals surface area contributed by atoms with E-state index in [1.807, 2.05) is 0 Å². The number of carboxylic acids is 2. The minimum atomic E-state index is -1.28. The van der Waals surface area contributed by atoms with Crippen LogP contribution in [0.5, 0.6) is 0 Å². The fourth-order valence-corrected chi connectivity index (χ4v) is 3.48. The van der Waals surface area contributed by atoms with Crippen LogP contribution in [0.4, 0.5) is 0 Å². The molecule has 3 amide bonds. The molecule has 0 aliphatic rings.